The summed E-state index contributed by atoms with van der Waals surface area (Å²) < 4.78 is 12.1. The second kappa shape index (κ2) is 10.0. The van der Waals surface area contributed by atoms with E-state index in [9.17, 15) is 5.11 Å². The molecule has 1 atom stereocenters. The fourth-order valence-corrected chi connectivity index (χ4v) is 5.07. The molecule has 0 spiro atoms. The zero-order valence-corrected chi connectivity index (χ0v) is 22.3. The van der Waals surface area contributed by atoms with Gasteiger partial charge in [-0.25, -0.2) is 15.0 Å². The third-order valence-corrected chi connectivity index (χ3v) is 7.63. The summed E-state index contributed by atoms with van der Waals surface area (Å²) in [5.41, 5.74) is 9.01. The summed E-state index contributed by atoms with van der Waals surface area (Å²) in [6.45, 7) is 3.39. The van der Waals surface area contributed by atoms with E-state index in [0.717, 1.165) is 16.3 Å². The summed E-state index contributed by atoms with van der Waals surface area (Å²) >= 11 is 5.10. The van der Waals surface area contributed by atoms with Gasteiger partial charge in [-0.2, -0.15) is 0 Å². The van der Waals surface area contributed by atoms with Crippen LogP contribution in [0.3, 0.4) is 0 Å². The van der Waals surface area contributed by atoms with Gasteiger partial charge in [0.2, 0.25) is 0 Å². The maximum Gasteiger partial charge on any atom is 0.141 e. The second-order valence-electron chi connectivity index (χ2n) is 8.95. The number of aromatic nitrogens is 3. The van der Waals surface area contributed by atoms with Gasteiger partial charge in [-0.3, -0.25) is 0 Å². The van der Waals surface area contributed by atoms with Crippen molar-refractivity contribution in [1.82, 2.24) is 15.0 Å². The molecule has 3 N–H and O–H groups in total. The van der Waals surface area contributed by atoms with Crippen LogP contribution in [0.15, 0.2) is 58.5 Å². The van der Waals surface area contributed by atoms with Gasteiger partial charge in [0.1, 0.15) is 40.3 Å². The number of ether oxygens (including phenoxy) is 2. The van der Waals surface area contributed by atoms with Crippen molar-refractivity contribution in [3.05, 3.63) is 64.1 Å². The lowest BCUT2D eigenvalue weighted by atomic mass is 10.1. The average molecular weight is 568 g/mol. The molecule has 0 saturated carbocycles. The van der Waals surface area contributed by atoms with Gasteiger partial charge in [-0.1, -0.05) is 12.1 Å². The van der Waals surface area contributed by atoms with Crippen LogP contribution < -0.4 is 20.1 Å². The fraction of sp³-hybridized carbons (Fsp3) is 0.269. The molecule has 5 rings (SSSR count). The Labute approximate surface area is 221 Å². The molecular formula is C26H26BrN5O3S. The van der Waals surface area contributed by atoms with Gasteiger partial charge >= 0.3 is 0 Å². The van der Waals surface area contributed by atoms with Crippen LogP contribution in [0, 0.1) is 0 Å². The largest absolute Gasteiger partial charge is 0.497 e. The number of thiazole rings is 1. The summed E-state index contributed by atoms with van der Waals surface area (Å²) in [6.07, 6.45) is 2.40. The van der Waals surface area contributed by atoms with E-state index in [2.05, 4.69) is 25.8 Å². The number of nitrogens with two attached hydrogens (primary N) is 1. The van der Waals surface area contributed by atoms with E-state index in [0.29, 0.717) is 64.9 Å². The van der Waals surface area contributed by atoms with E-state index in [1.54, 1.807) is 19.4 Å². The highest BCUT2D eigenvalue weighted by Crippen LogP contribution is 2.37. The van der Waals surface area contributed by atoms with Crippen LogP contribution in [0.25, 0.3) is 22.1 Å². The Morgan fingerprint density at radius 3 is 2.61 bits per heavy atom. The monoisotopic (exact) mass is 567 g/mol. The van der Waals surface area contributed by atoms with E-state index in [-0.39, 0.29) is 0 Å². The van der Waals surface area contributed by atoms with Crippen molar-refractivity contribution in [2.45, 2.75) is 25.6 Å². The van der Waals surface area contributed by atoms with Crippen LogP contribution >= 0.6 is 27.3 Å². The minimum absolute atomic E-state index is 0.375. The molecule has 1 aromatic carbocycles. The maximum atomic E-state index is 10.5. The van der Waals surface area contributed by atoms with Gasteiger partial charge in [0.15, 0.2) is 0 Å². The molecule has 1 saturated heterocycles. The van der Waals surface area contributed by atoms with Gasteiger partial charge in [0.05, 0.1) is 28.6 Å². The molecule has 1 fully saturated rings. The van der Waals surface area contributed by atoms with E-state index < -0.39 is 5.60 Å². The lowest BCUT2D eigenvalue weighted by molar-refractivity contribution is 0.0839. The zero-order valence-electron chi connectivity index (χ0n) is 19.9. The first-order valence-electron chi connectivity index (χ1n) is 11.4. The van der Waals surface area contributed by atoms with Crippen molar-refractivity contribution in [3.63, 3.8) is 0 Å². The molecule has 36 heavy (non-hydrogen) atoms. The first kappa shape index (κ1) is 24.5. The summed E-state index contributed by atoms with van der Waals surface area (Å²) in [5.74, 6) is 2.15. The van der Waals surface area contributed by atoms with Crippen LogP contribution in [-0.4, -0.2) is 45.9 Å². The van der Waals surface area contributed by atoms with E-state index >= 15 is 0 Å². The number of halogens is 1. The summed E-state index contributed by atoms with van der Waals surface area (Å²) in [7, 11) is 1.64. The Morgan fingerprint density at radius 1 is 1.14 bits per heavy atom. The van der Waals surface area contributed by atoms with Crippen LogP contribution in [0.2, 0.25) is 0 Å². The SMILES string of the molecule is COc1ccc(COc2cc(-c3nc(-c4nccs4)cc(N)c3Br)nc(N3CCC(C)(O)C3)c2)cc1. The van der Waals surface area contributed by atoms with Gasteiger partial charge in [-0.05, 0) is 53.0 Å². The molecule has 1 aliphatic heterocycles. The van der Waals surface area contributed by atoms with Crippen LogP contribution in [-0.2, 0) is 6.61 Å². The molecule has 186 valence electrons. The van der Waals surface area contributed by atoms with Crippen LogP contribution in [0.4, 0.5) is 11.5 Å². The molecule has 0 aliphatic carbocycles. The van der Waals surface area contributed by atoms with Crippen molar-refractivity contribution < 1.29 is 14.6 Å². The van der Waals surface area contributed by atoms with Gasteiger partial charge < -0.3 is 25.2 Å². The smallest absolute Gasteiger partial charge is 0.141 e. The molecule has 1 aliphatic rings. The minimum atomic E-state index is -0.768. The molecule has 4 heterocycles. The van der Waals surface area contributed by atoms with Crippen molar-refractivity contribution >= 4 is 38.8 Å². The minimum Gasteiger partial charge on any atom is -0.497 e. The number of hydrogen-bond donors (Lipinski definition) is 2. The molecule has 10 heteroatoms. The molecule has 3 aromatic heterocycles. The predicted octanol–water partition coefficient (Wildman–Crippen LogP) is 5.16. The normalized spacial score (nSPS) is 17.4. The van der Waals surface area contributed by atoms with Crippen molar-refractivity contribution in [2.75, 3.05) is 30.8 Å². The number of benzene rings is 1. The molecule has 0 amide bonds. The second-order valence-corrected chi connectivity index (χ2v) is 10.6. The standard InChI is InChI=1S/C26H26BrN5O3S/c1-26(33)7-9-32(15-26)22-12-18(35-14-16-3-5-17(34-2)6-4-16)11-20(30-22)24-23(27)19(28)13-21(31-24)25-29-8-10-36-25/h3-6,8,10-13,33H,7,9,14-15H2,1-2H3,(H2,28,31). The average Bonchev–Trinajstić information content (AvgIpc) is 3.54. The third-order valence-electron chi connectivity index (χ3n) is 6.01. The summed E-state index contributed by atoms with van der Waals surface area (Å²) in [4.78, 5) is 16.2. The molecule has 4 aromatic rings. The zero-order chi connectivity index (χ0) is 25.3. The van der Waals surface area contributed by atoms with Crippen molar-refractivity contribution in [1.29, 1.82) is 0 Å². The number of β-amino-alcohol motifs (C(OH)–C–C–N with tert-alkyl or cyclic N) is 1. The van der Waals surface area contributed by atoms with Crippen LogP contribution in [0.5, 0.6) is 11.5 Å². The number of anilines is 2. The van der Waals surface area contributed by atoms with Gasteiger partial charge in [-0.15, -0.1) is 11.3 Å². The van der Waals surface area contributed by atoms with Crippen LogP contribution in [0.1, 0.15) is 18.9 Å². The van der Waals surface area contributed by atoms with E-state index in [4.69, 9.17) is 25.2 Å². The topological polar surface area (TPSA) is 107 Å². The number of nitrogens with zero attached hydrogens (tertiary/aromatic N) is 4. The number of pyridine rings is 2. The lowest BCUT2D eigenvalue weighted by Gasteiger charge is -2.21. The Morgan fingerprint density at radius 2 is 1.94 bits per heavy atom. The summed E-state index contributed by atoms with van der Waals surface area (Å²) in [6, 6.07) is 13.3. The first-order valence-corrected chi connectivity index (χ1v) is 13.1. The summed E-state index contributed by atoms with van der Waals surface area (Å²) in [5, 5.41) is 13.2. The highest BCUT2D eigenvalue weighted by molar-refractivity contribution is 9.10. The number of nitrogen functional groups attached to an aromatic ring is 1. The van der Waals surface area contributed by atoms with Gasteiger partial charge in [0, 0.05) is 36.8 Å². The number of aliphatic hydroxyl groups is 1. The van der Waals surface area contributed by atoms with E-state index in [1.807, 2.05) is 48.7 Å². The van der Waals surface area contributed by atoms with Crippen molar-refractivity contribution in [2.24, 2.45) is 0 Å². The Kier molecular flexibility index (Phi) is 6.83. The molecule has 0 radical (unpaired) electrons. The maximum absolute atomic E-state index is 10.5. The Hall–Kier alpha value is -3.21. The fourth-order valence-electron chi connectivity index (χ4n) is 4.07. The quantitative estimate of drug-likeness (QED) is 0.315. The number of rotatable bonds is 7. The highest BCUT2D eigenvalue weighted by atomic mass is 79.9. The van der Waals surface area contributed by atoms with Gasteiger partial charge in [0.25, 0.3) is 0 Å². The Balaban J connectivity index is 1.53. The number of hydrogen-bond acceptors (Lipinski definition) is 9. The highest BCUT2D eigenvalue weighted by Gasteiger charge is 2.32. The first-order chi connectivity index (χ1) is 17.3. The predicted molar refractivity (Wildman–Crippen MR) is 145 cm³/mol. The Bertz CT molecular complexity index is 1360. The van der Waals surface area contributed by atoms with E-state index in [1.165, 1.54) is 11.3 Å². The van der Waals surface area contributed by atoms with Crippen molar-refractivity contribution in [3.8, 4) is 33.6 Å². The lowest BCUT2D eigenvalue weighted by Crippen LogP contribution is -2.30. The third kappa shape index (κ3) is 5.30. The number of methoxy groups -OCH3 is 1. The molecule has 1 unspecified atom stereocenters. The molecular weight excluding hydrogens is 542 g/mol. The molecule has 0 bridgehead atoms. The molecule has 8 nitrogen and oxygen atoms in total.